The maximum absolute atomic E-state index is 11.3. The smallest absolute Gasteiger partial charge is 0.235 e. The molecule has 2 rings (SSSR count). The Morgan fingerprint density at radius 3 is 2.81 bits per heavy atom. The molecule has 1 aromatic rings. The van der Waals surface area contributed by atoms with Crippen LogP contribution in [-0.2, 0) is 21.9 Å². The van der Waals surface area contributed by atoms with Crippen molar-refractivity contribution in [2.45, 2.75) is 24.5 Å². The highest BCUT2D eigenvalue weighted by molar-refractivity contribution is 8.14. The van der Waals surface area contributed by atoms with Gasteiger partial charge in [-0.25, -0.2) is 8.42 Å². The number of halogens is 1. The predicted octanol–water partition coefficient (Wildman–Crippen LogP) is 2.12. The lowest BCUT2D eigenvalue weighted by atomic mass is 9.91. The van der Waals surface area contributed by atoms with E-state index in [0.717, 1.165) is 16.9 Å². The lowest BCUT2D eigenvalue weighted by Gasteiger charge is -2.23. The molecule has 0 unspecified atom stereocenters. The fraction of sp³-hybridized carbons (Fsp3) is 0.455. The summed E-state index contributed by atoms with van der Waals surface area (Å²) >= 11 is 0. The van der Waals surface area contributed by atoms with Crippen molar-refractivity contribution in [2.75, 3.05) is 7.11 Å². The summed E-state index contributed by atoms with van der Waals surface area (Å²) in [6, 6.07) is 5.71. The molecule has 0 aliphatic heterocycles. The quantitative estimate of drug-likeness (QED) is 0.765. The summed E-state index contributed by atoms with van der Waals surface area (Å²) < 4.78 is 27.8. The van der Waals surface area contributed by atoms with Crippen LogP contribution >= 0.6 is 10.7 Å². The molecule has 1 aliphatic carbocycles. The molecule has 0 spiro atoms. The second kappa shape index (κ2) is 4.26. The van der Waals surface area contributed by atoms with Gasteiger partial charge in [0.15, 0.2) is 0 Å². The summed E-state index contributed by atoms with van der Waals surface area (Å²) in [7, 11) is 3.56. The molecule has 1 atom stereocenters. The van der Waals surface area contributed by atoms with E-state index >= 15 is 0 Å². The van der Waals surface area contributed by atoms with Crippen molar-refractivity contribution in [3.05, 3.63) is 29.3 Å². The average molecular weight is 261 g/mol. The SMILES string of the molecule is COc1cccc2c1CC[C@@H](S(=O)(=O)Cl)C2. The Morgan fingerprint density at radius 2 is 2.19 bits per heavy atom. The van der Waals surface area contributed by atoms with E-state index < -0.39 is 14.3 Å². The highest BCUT2D eigenvalue weighted by Crippen LogP contribution is 2.32. The molecule has 0 amide bonds. The van der Waals surface area contributed by atoms with Gasteiger partial charge < -0.3 is 4.74 Å². The first kappa shape index (κ1) is 11.7. The summed E-state index contributed by atoms with van der Waals surface area (Å²) in [6.45, 7) is 0. The lowest BCUT2D eigenvalue weighted by Crippen LogP contribution is -2.25. The number of hydrogen-bond acceptors (Lipinski definition) is 3. The Balaban J connectivity index is 2.35. The second-order valence-corrected chi connectivity index (χ2v) is 6.85. The molecule has 0 saturated carbocycles. The molecule has 0 radical (unpaired) electrons. The van der Waals surface area contributed by atoms with Crippen LogP contribution in [0.25, 0.3) is 0 Å². The number of hydrogen-bond donors (Lipinski definition) is 0. The third-order valence-electron chi connectivity index (χ3n) is 3.01. The second-order valence-electron chi connectivity index (χ2n) is 3.94. The Bertz CT molecular complexity index is 496. The number of benzene rings is 1. The van der Waals surface area contributed by atoms with Crippen LogP contribution in [-0.4, -0.2) is 20.8 Å². The molecule has 88 valence electrons. The van der Waals surface area contributed by atoms with Gasteiger partial charge >= 0.3 is 0 Å². The van der Waals surface area contributed by atoms with Crippen molar-refractivity contribution in [2.24, 2.45) is 0 Å². The molecule has 0 heterocycles. The minimum atomic E-state index is -3.46. The van der Waals surface area contributed by atoms with Crippen LogP contribution in [0, 0.1) is 0 Å². The third kappa shape index (κ3) is 2.18. The first-order chi connectivity index (χ1) is 7.52. The van der Waals surface area contributed by atoms with Gasteiger partial charge in [-0.2, -0.15) is 0 Å². The number of fused-ring (bicyclic) bond motifs is 1. The fourth-order valence-corrected chi connectivity index (χ4v) is 3.40. The molecular weight excluding hydrogens is 248 g/mol. The van der Waals surface area contributed by atoms with Gasteiger partial charge in [0.2, 0.25) is 9.05 Å². The molecule has 16 heavy (non-hydrogen) atoms. The van der Waals surface area contributed by atoms with E-state index in [1.165, 1.54) is 0 Å². The van der Waals surface area contributed by atoms with E-state index in [-0.39, 0.29) is 0 Å². The van der Waals surface area contributed by atoms with Crippen molar-refractivity contribution in [3.63, 3.8) is 0 Å². The number of rotatable bonds is 2. The first-order valence-corrected chi connectivity index (χ1v) is 7.48. The third-order valence-corrected chi connectivity index (χ3v) is 4.97. The lowest BCUT2D eigenvalue weighted by molar-refractivity contribution is 0.406. The van der Waals surface area contributed by atoms with Gasteiger partial charge in [-0.3, -0.25) is 0 Å². The normalized spacial score (nSPS) is 20.2. The minimum Gasteiger partial charge on any atom is -0.496 e. The average Bonchev–Trinajstić information content (AvgIpc) is 2.26. The van der Waals surface area contributed by atoms with Gasteiger partial charge in [0.25, 0.3) is 0 Å². The van der Waals surface area contributed by atoms with Crippen LogP contribution in [0.15, 0.2) is 18.2 Å². The molecule has 0 aromatic heterocycles. The van der Waals surface area contributed by atoms with Crippen LogP contribution < -0.4 is 4.74 Å². The maximum atomic E-state index is 11.3. The van der Waals surface area contributed by atoms with E-state index in [1.54, 1.807) is 7.11 Å². The van der Waals surface area contributed by atoms with Crippen molar-refractivity contribution >= 4 is 19.7 Å². The summed E-state index contributed by atoms with van der Waals surface area (Å²) in [5.41, 5.74) is 2.14. The molecule has 0 N–H and O–H groups in total. The summed E-state index contributed by atoms with van der Waals surface area (Å²) in [5.74, 6) is 0.836. The summed E-state index contributed by atoms with van der Waals surface area (Å²) in [6.07, 6.45) is 1.76. The van der Waals surface area contributed by atoms with Crippen LogP contribution in [0.5, 0.6) is 5.75 Å². The standard InChI is InChI=1S/C11H13ClO3S/c1-15-11-4-2-3-8-7-9(16(12,13)14)5-6-10(8)11/h2-4,9H,5-7H2,1H3/t9-/m1/s1. The van der Waals surface area contributed by atoms with E-state index in [2.05, 4.69) is 0 Å². The van der Waals surface area contributed by atoms with E-state index in [4.69, 9.17) is 15.4 Å². The Morgan fingerprint density at radius 1 is 1.44 bits per heavy atom. The van der Waals surface area contributed by atoms with Crippen LogP contribution in [0.1, 0.15) is 17.5 Å². The van der Waals surface area contributed by atoms with Crippen molar-refractivity contribution < 1.29 is 13.2 Å². The fourth-order valence-electron chi connectivity index (χ4n) is 2.17. The first-order valence-electron chi connectivity index (χ1n) is 5.10. The predicted molar refractivity (Wildman–Crippen MR) is 63.6 cm³/mol. The van der Waals surface area contributed by atoms with Gasteiger partial charge in [-0.1, -0.05) is 12.1 Å². The molecular formula is C11H13ClO3S. The molecule has 5 heteroatoms. The molecule has 0 bridgehead atoms. The van der Waals surface area contributed by atoms with Crippen LogP contribution in [0.3, 0.4) is 0 Å². The van der Waals surface area contributed by atoms with Gasteiger partial charge in [-0.05, 0) is 36.5 Å². The van der Waals surface area contributed by atoms with Crippen LogP contribution in [0.4, 0.5) is 0 Å². The van der Waals surface area contributed by atoms with Crippen molar-refractivity contribution in [1.29, 1.82) is 0 Å². The number of methoxy groups -OCH3 is 1. The zero-order chi connectivity index (χ0) is 11.8. The molecule has 0 fully saturated rings. The van der Waals surface area contributed by atoms with E-state index in [0.29, 0.717) is 19.3 Å². The van der Waals surface area contributed by atoms with Gasteiger partial charge in [0.1, 0.15) is 5.75 Å². The largest absolute Gasteiger partial charge is 0.496 e. The maximum Gasteiger partial charge on any atom is 0.235 e. The van der Waals surface area contributed by atoms with Gasteiger partial charge in [0.05, 0.1) is 12.4 Å². The number of ether oxygens (including phenoxy) is 1. The molecule has 1 aromatic carbocycles. The minimum absolute atomic E-state index is 0.464. The topological polar surface area (TPSA) is 43.4 Å². The van der Waals surface area contributed by atoms with E-state index in [9.17, 15) is 8.42 Å². The Kier molecular flexibility index (Phi) is 3.13. The molecule has 0 saturated heterocycles. The Hall–Kier alpha value is -0.740. The zero-order valence-electron chi connectivity index (χ0n) is 8.94. The monoisotopic (exact) mass is 260 g/mol. The highest BCUT2D eigenvalue weighted by Gasteiger charge is 2.29. The van der Waals surface area contributed by atoms with Gasteiger partial charge in [-0.15, -0.1) is 0 Å². The molecule has 3 nitrogen and oxygen atoms in total. The molecule has 1 aliphatic rings. The summed E-state index contributed by atoms with van der Waals surface area (Å²) in [4.78, 5) is 0. The van der Waals surface area contributed by atoms with Crippen molar-refractivity contribution in [3.8, 4) is 5.75 Å². The van der Waals surface area contributed by atoms with E-state index in [1.807, 2.05) is 18.2 Å². The highest BCUT2D eigenvalue weighted by atomic mass is 35.7. The van der Waals surface area contributed by atoms with Crippen molar-refractivity contribution in [1.82, 2.24) is 0 Å². The van der Waals surface area contributed by atoms with Gasteiger partial charge in [0, 0.05) is 10.7 Å². The van der Waals surface area contributed by atoms with Crippen LogP contribution in [0.2, 0.25) is 0 Å². The zero-order valence-corrected chi connectivity index (χ0v) is 10.5. The Labute approximate surface area is 99.8 Å². The summed E-state index contributed by atoms with van der Waals surface area (Å²) in [5, 5.41) is -0.464.